The molecule has 1 amide bonds. The first-order chi connectivity index (χ1) is 9.47. The number of hydrogen-bond acceptors (Lipinski definition) is 2. The van der Waals surface area contributed by atoms with E-state index in [1.165, 1.54) is 11.0 Å². The molecule has 6 heteroatoms. The lowest BCUT2D eigenvalue weighted by atomic mass is 10.2. The average Bonchev–Trinajstić information content (AvgIpc) is 3.20. The van der Waals surface area contributed by atoms with Crippen molar-refractivity contribution in [2.75, 3.05) is 6.54 Å². The molecule has 1 saturated carbocycles. The summed E-state index contributed by atoms with van der Waals surface area (Å²) in [5, 5.41) is 9.82. The molecule has 2 rings (SSSR count). The second-order valence-corrected chi connectivity index (χ2v) is 5.43. The normalized spacial score (nSPS) is 14.5. The molecule has 20 heavy (non-hydrogen) atoms. The highest BCUT2D eigenvalue weighted by atomic mass is 35.5. The minimum Gasteiger partial charge on any atom is -0.480 e. The van der Waals surface area contributed by atoms with Crippen molar-refractivity contribution in [3.63, 3.8) is 0 Å². The van der Waals surface area contributed by atoms with Crippen molar-refractivity contribution in [1.82, 2.24) is 4.90 Å². The quantitative estimate of drug-likeness (QED) is 0.850. The third kappa shape index (κ3) is 3.99. The van der Waals surface area contributed by atoms with E-state index in [0.717, 1.165) is 12.8 Å². The van der Waals surface area contributed by atoms with Gasteiger partial charge in [0.2, 0.25) is 5.91 Å². The zero-order valence-corrected chi connectivity index (χ0v) is 12.1. The topological polar surface area (TPSA) is 57.6 Å². The zero-order valence-electron chi connectivity index (χ0n) is 10.6. The molecule has 1 aromatic rings. The Morgan fingerprint density at radius 2 is 2.05 bits per heavy atom. The fraction of sp³-hybridized carbons (Fsp3) is 0.286. The molecule has 0 unspecified atom stereocenters. The molecule has 0 spiro atoms. The molecule has 0 aromatic heterocycles. The van der Waals surface area contributed by atoms with Crippen LogP contribution in [0.4, 0.5) is 0 Å². The van der Waals surface area contributed by atoms with E-state index in [2.05, 4.69) is 0 Å². The molecule has 1 aromatic carbocycles. The average molecular weight is 314 g/mol. The zero-order chi connectivity index (χ0) is 14.7. The Morgan fingerprint density at radius 1 is 1.35 bits per heavy atom. The Hall–Kier alpha value is -1.52. The second-order valence-electron chi connectivity index (χ2n) is 4.59. The Morgan fingerprint density at radius 3 is 2.65 bits per heavy atom. The molecular formula is C14H13Cl2NO3. The van der Waals surface area contributed by atoms with Gasteiger partial charge in [0.1, 0.15) is 6.54 Å². The summed E-state index contributed by atoms with van der Waals surface area (Å²) in [5.41, 5.74) is 0.624. The molecule has 0 bridgehead atoms. The molecule has 0 aliphatic heterocycles. The van der Waals surface area contributed by atoms with Crippen molar-refractivity contribution in [3.05, 3.63) is 39.9 Å². The molecule has 1 fully saturated rings. The summed E-state index contributed by atoms with van der Waals surface area (Å²) >= 11 is 11.8. The SMILES string of the molecule is O=C(O)CN(C(=O)C=Cc1cc(Cl)ccc1Cl)C1CC1. The number of carboxylic acid groups (broad SMARTS) is 1. The summed E-state index contributed by atoms with van der Waals surface area (Å²) in [6.07, 6.45) is 4.59. The summed E-state index contributed by atoms with van der Waals surface area (Å²) in [5.74, 6) is -1.34. The van der Waals surface area contributed by atoms with Gasteiger partial charge in [-0.2, -0.15) is 0 Å². The van der Waals surface area contributed by atoms with Gasteiger partial charge in [-0.05, 0) is 42.7 Å². The molecule has 4 nitrogen and oxygen atoms in total. The van der Waals surface area contributed by atoms with Crippen LogP contribution in [0, 0.1) is 0 Å². The molecule has 1 aliphatic rings. The summed E-state index contributed by atoms with van der Waals surface area (Å²) in [4.78, 5) is 24.2. The highest BCUT2D eigenvalue weighted by Crippen LogP contribution is 2.27. The number of carbonyl (C=O) groups excluding carboxylic acids is 1. The number of nitrogens with zero attached hydrogens (tertiary/aromatic N) is 1. The van der Waals surface area contributed by atoms with Crippen molar-refractivity contribution in [2.45, 2.75) is 18.9 Å². The molecule has 0 heterocycles. The first-order valence-electron chi connectivity index (χ1n) is 6.13. The van der Waals surface area contributed by atoms with Gasteiger partial charge in [-0.3, -0.25) is 9.59 Å². The van der Waals surface area contributed by atoms with Gasteiger partial charge in [-0.15, -0.1) is 0 Å². The van der Waals surface area contributed by atoms with Crippen molar-refractivity contribution in [3.8, 4) is 0 Å². The summed E-state index contributed by atoms with van der Waals surface area (Å²) < 4.78 is 0. The monoisotopic (exact) mass is 313 g/mol. The van der Waals surface area contributed by atoms with Gasteiger partial charge in [-0.25, -0.2) is 0 Å². The van der Waals surface area contributed by atoms with E-state index in [1.807, 2.05) is 0 Å². The van der Waals surface area contributed by atoms with Crippen molar-refractivity contribution < 1.29 is 14.7 Å². The number of carboxylic acids is 1. The maximum absolute atomic E-state index is 12.0. The summed E-state index contributed by atoms with van der Waals surface area (Å²) in [6, 6.07) is 4.98. The largest absolute Gasteiger partial charge is 0.480 e. The molecular weight excluding hydrogens is 301 g/mol. The summed E-state index contributed by atoms with van der Waals surface area (Å²) in [7, 11) is 0. The van der Waals surface area contributed by atoms with Crippen LogP contribution in [0.3, 0.4) is 0 Å². The van der Waals surface area contributed by atoms with Crippen LogP contribution in [-0.2, 0) is 9.59 Å². The van der Waals surface area contributed by atoms with Crippen LogP contribution in [0.5, 0.6) is 0 Å². The van der Waals surface area contributed by atoms with E-state index >= 15 is 0 Å². The third-order valence-corrected chi connectivity index (χ3v) is 3.52. The van der Waals surface area contributed by atoms with E-state index < -0.39 is 5.97 Å². The van der Waals surface area contributed by atoms with Crippen molar-refractivity contribution >= 4 is 41.2 Å². The fourth-order valence-corrected chi connectivity index (χ4v) is 2.18. The number of halogens is 2. The number of hydrogen-bond donors (Lipinski definition) is 1. The lowest BCUT2D eigenvalue weighted by molar-refractivity contribution is -0.143. The van der Waals surface area contributed by atoms with Gasteiger partial charge < -0.3 is 10.0 Å². The number of rotatable bonds is 5. The summed E-state index contributed by atoms with van der Waals surface area (Å²) in [6.45, 7) is -0.281. The maximum atomic E-state index is 12.0. The van der Waals surface area contributed by atoms with E-state index in [4.69, 9.17) is 28.3 Å². The molecule has 0 saturated heterocycles. The highest BCUT2D eigenvalue weighted by molar-refractivity contribution is 6.34. The van der Waals surface area contributed by atoms with Gasteiger partial charge in [-0.1, -0.05) is 23.2 Å². The lowest BCUT2D eigenvalue weighted by Gasteiger charge is -2.17. The van der Waals surface area contributed by atoms with Crippen LogP contribution in [0.1, 0.15) is 18.4 Å². The first kappa shape index (κ1) is 14.9. The van der Waals surface area contributed by atoms with E-state index in [1.54, 1.807) is 24.3 Å². The van der Waals surface area contributed by atoms with Gasteiger partial charge >= 0.3 is 5.97 Å². The molecule has 1 aliphatic carbocycles. The molecule has 0 radical (unpaired) electrons. The predicted molar refractivity (Wildman–Crippen MR) is 77.9 cm³/mol. The number of carbonyl (C=O) groups is 2. The van der Waals surface area contributed by atoms with E-state index in [-0.39, 0.29) is 18.5 Å². The van der Waals surface area contributed by atoms with E-state index in [0.29, 0.717) is 15.6 Å². The Labute approximate surface area is 126 Å². The fourth-order valence-electron chi connectivity index (χ4n) is 1.82. The standard InChI is InChI=1S/C14H13Cl2NO3/c15-10-2-5-12(16)9(7-10)1-6-13(18)17(8-14(19)20)11-3-4-11/h1-2,5-7,11H,3-4,8H2,(H,19,20). The molecule has 1 N–H and O–H groups in total. The Balaban J connectivity index is 2.10. The van der Waals surface area contributed by atoms with Gasteiger partial charge in [0.25, 0.3) is 0 Å². The van der Waals surface area contributed by atoms with Crippen molar-refractivity contribution in [2.24, 2.45) is 0 Å². The smallest absolute Gasteiger partial charge is 0.323 e. The minimum absolute atomic E-state index is 0.0399. The Kier molecular flexibility index (Phi) is 4.68. The predicted octanol–water partition coefficient (Wildman–Crippen LogP) is 3.08. The van der Waals surface area contributed by atoms with Gasteiger partial charge in [0.15, 0.2) is 0 Å². The van der Waals surface area contributed by atoms with Gasteiger partial charge in [0.05, 0.1) is 0 Å². The minimum atomic E-state index is -1.01. The molecule has 106 valence electrons. The second kappa shape index (κ2) is 6.29. The number of amides is 1. The molecule has 0 atom stereocenters. The third-order valence-electron chi connectivity index (χ3n) is 2.94. The van der Waals surface area contributed by atoms with E-state index in [9.17, 15) is 9.59 Å². The van der Waals surface area contributed by atoms with Crippen LogP contribution in [0.15, 0.2) is 24.3 Å². The van der Waals surface area contributed by atoms with Crippen LogP contribution in [0.2, 0.25) is 10.0 Å². The first-order valence-corrected chi connectivity index (χ1v) is 6.88. The van der Waals surface area contributed by atoms with Crippen LogP contribution < -0.4 is 0 Å². The van der Waals surface area contributed by atoms with Crippen molar-refractivity contribution in [1.29, 1.82) is 0 Å². The maximum Gasteiger partial charge on any atom is 0.323 e. The number of benzene rings is 1. The number of aliphatic carboxylic acids is 1. The Bertz CT molecular complexity index is 568. The lowest BCUT2D eigenvalue weighted by Crippen LogP contribution is -2.36. The van der Waals surface area contributed by atoms with Crippen LogP contribution >= 0.6 is 23.2 Å². The van der Waals surface area contributed by atoms with Gasteiger partial charge in [0, 0.05) is 22.2 Å². The van der Waals surface area contributed by atoms with Crippen LogP contribution in [0.25, 0.3) is 6.08 Å². The van der Waals surface area contributed by atoms with Crippen LogP contribution in [-0.4, -0.2) is 34.5 Å². The highest BCUT2D eigenvalue weighted by Gasteiger charge is 2.32.